The predicted octanol–water partition coefficient (Wildman–Crippen LogP) is 4.38. The fraction of sp³-hybridized carbons (Fsp3) is 0. The molecule has 0 spiro atoms. The van der Waals surface area contributed by atoms with Gasteiger partial charge in [0.2, 0.25) is 0 Å². The lowest BCUT2D eigenvalue weighted by molar-refractivity contribution is 0.0596. The molecule has 0 aliphatic carbocycles. The summed E-state index contributed by atoms with van der Waals surface area (Å²) in [7, 11) is 0. The van der Waals surface area contributed by atoms with E-state index in [0.717, 1.165) is 0 Å². The number of benzene rings is 3. The highest BCUT2D eigenvalue weighted by Crippen LogP contribution is 2.18. The highest BCUT2D eigenvalue weighted by molar-refractivity contribution is 5.99. The normalized spacial score (nSPS) is 10.5. The first-order valence-electron chi connectivity index (χ1n) is 8.06. The summed E-state index contributed by atoms with van der Waals surface area (Å²) in [6.07, 6.45) is 0. The lowest BCUT2D eigenvalue weighted by Crippen LogP contribution is -2.10. The molecule has 7 heteroatoms. The van der Waals surface area contributed by atoms with Gasteiger partial charge < -0.3 is 10.6 Å². The molecule has 134 valence electrons. The van der Waals surface area contributed by atoms with E-state index in [-0.39, 0.29) is 0 Å². The smallest absolute Gasteiger partial charge is 0.362 e. The molecule has 0 bridgehead atoms. The zero-order valence-corrected chi connectivity index (χ0v) is 14.2. The van der Waals surface area contributed by atoms with Crippen molar-refractivity contribution in [1.29, 1.82) is 0 Å². The van der Waals surface area contributed by atoms with Gasteiger partial charge in [0.05, 0.1) is 22.5 Å². The molecule has 0 saturated carbocycles. The highest BCUT2D eigenvalue weighted by atomic mass is 16.7. The number of nitrogen functional groups attached to an aromatic ring is 1. The standard InChI is InChI=1S/C20H16N4O3/c21-18-9-5-4-8-17(18)19(25)23-22-15-10-12-16(13-11-15)24-27-20(26)14-6-2-1-3-7-14/h1-13,24H,21H2. The second-order valence-electron chi connectivity index (χ2n) is 5.50. The molecule has 0 unspecified atom stereocenters. The molecule has 0 atom stereocenters. The Morgan fingerprint density at radius 3 is 2.22 bits per heavy atom. The molecule has 3 aromatic carbocycles. The number of nitrogens with two attached hydrogens (primary N) is 1. The molecule has 3 rings (SSSR count). The van der Waals surface area contributed by atoms with Crippen LogP contribution in [0.5, 0.6) is 0 Å². The number of nitrogens with one attached hydrogen (secondary N) is 1. The largest absolute Gasteiger partial charge is 0.398 e. The third kappa shape index (κ3) is 4.76. The van der Waals surface area contributed by atoms with Gasteiger partial charge >= 0.3 is 5.97 Å². The number of hydrogen-bond acceptors (Lipinski definition) is 6. The lowest BCUT2D eigenvalue weighted by atomic mass is 10.2. The van der Waals surface area contributed by atoms with E-state index >= 15 is 0 Å². The molecule has 7 nitrogen and oxygen atoms in total. The van der Waals surface area contributed by atoms with Crippen LogP contribution in [0.25, 0.3) is 0 Å². The average molecular weight is 360 g/mol. The number of amides is 1. The molecule has 0 fully saturated rings. The second-order valence-corrected chi connectivity index (χ2v) is 5.50. The van der Waals surface area contributed by atoms with E-state index in [1.165, 1.54) is 0 Å². The average Bonchev–Trinajstić information content (AvgIpc) is 2.72. The molecule has 27 heavy (non-hydrogen) atoms. The van der Waals surface area contributed by atoms with Gasteiger partial charge in [-0.15, -0.1) is 10.2 Å². The summed E-state index contributed by atoms with van der Waals surface area (Å²) in [6, 6.07) is 21.8. The van der Waals surface area contributed by atoms with Crippen molar-refractivity contribution < 1.29 is 14.4 Å². The van der Waals surface area contributed by atoms with E-state index < -0.39 is 11.9 Å². The molecular formula is C20H16N4O3. The van der Waals surface area contributed by atoms with Crippen LogP contribution in [0, 0.1) is 0 Å². The fourth-order valence-electron chi connectivity index (χ4n) is 2.18. The Hall–Kier alpha value is -4.00. The summed E-state index contributed by atoms with van der Waals surface area (Å²) in [6.45, 7) is 0. The van der Waals surface area contributed by atoms with Crippen LogP contribution in [0.1, 0.15) is 20.7 Å². The number of carbonyl (C=O) groups is 2. The molecule has 1 amide bonds. The predicted molar refractivity (Wildman–Crippen MR) is 102 cm³/mol. The van der Waals surface area contributed by atoms with Gasteiger partial charge in [0.15, 0.2) is 0 Å². The Labute approximate surface area is 155 Å². The summed E-state index contributed by atoms with van der Waals surface area (Å²) in [5.74, 6) is -1.02. The minimum atomic E-state index is -0.521. The van der Waals surface area contributed by atoms with Gasteiger partial charge in [0.1, 0.15) is 0 Å². The summed E-state index contributed by atoms with van der Waals surface area (Å²) >= 11 is 0. The molecule has 0 aromatic heterocycles. The first-order valence-corrected chi connectivity index (χ1v) is 8.06. The molecule has 0 saturated heterocycles. The number of nitrogens with zero attached hydrogens (tertiary/aromatic N) is 2. The van der Waals surface area contributed by atoms with Crippen LogP contribution in [0.4, 0.5) is 17.1 Å². The Balaban J connectivity index is 1.58. The minimum Gasteiger partial charge on any atom is -0.398 e. The van der Waals surface area contributed by atoms with Crippen molar-refractivity contribution in [1.82, 2.24) is 0 Å². The van der Waals surface area contributed by atoms with Crippen LogP contribution in [0.3, 0.4) is 0 Å². The first kappa shape index (κ1) is 17.8. The van der Waals surface area contributed by atoms with Gasteiger partial charge in [0.25, 0.3) is 5.91 Å². The topological polar surface area (TPSA) is 106 Å². The molecule has 0 heterocycles. The Morgan fingerprint density at radius 1 is 0.852 bits per heavy atom. The SMILES string of the molecule is Nc1ccccc1C(=O)N=Nc1ccc(NOC(=O)c2ccccc2)cc1. The van der Waals surface area contributed by atoms with Crippen molar-refractivity contribution in [3.8, 4) is 0 Å². The second kappa shape index (κ2) is 8.39. The van der Waals surface area contributed by atoms with Gasteiger partial charge in [-0.25, -0.2) is 10.3 Å². The van der Waals surface area contributed by atoms with Crippen LogP contribution in [-0.4, -0.2) is 11.9 Å². The van der Waals surface area contributed by atoms with E-state index in [0.29, 0.717) is 28.2 Å². The summed E-state index contributed by atoms with van der Waals surface area (Å²) < 4.78 is 0. The maximum Gasteiger partial charge on any atom is 0.362 e. The summed E-state index contributed by atoms with van der Waals surface area (Å²) in [4.78, 5) is 28.9. The van der Waals surface area contributed by atoms with Crippen molar-refractivity contribution in [3.63, 3.8) is 0 Å². The third-order valence-electron chi connectivity index (χ3n) is 3.59. The van der Waals surface area contributed by atoms with E-state index in [1.807, 2.05) is 6.07 Å². The van der Waals surface area contributed by atoms with Crippen LogP contribution >= 0.6 is 0 Å². The fourth-order valence-corrected chi connectivity index (χ4v) is 2.18. The van der Waals surface area contributed by atoms with Crippen LogP contribution in [0.2, 0.25) is 0 Å². The van der Waals surface area contributed by atoms with E-state index in [9.17, 15) is 9.59 Å². The quantitative estimate of drug-likeness (QED) is 0.399. The van der Waals surface area contributed by atoms with Crippen LogP contribution < -0.4 is 11.2 Å². The summed E-state index contributed by atoms with van der Waals surface area (Å²) in [5.41, 5.74) is 10.4. The zero-order chi connectivity index (χ0) is 19.1. The zero-order valence-electron chi connectivity index (χ0n) is 14.2. The molecule has 0 aliphatic rings. The van der Waals surface area contributed by atoms with Crippen LogP contribution in [-0.2, 0) is 4.84 Å². The number of hydrogen-bond donors (Lipinski definition) is 2. The number of carbonyl (C=O) groups excluding carboxylic acids is 2. The van der Waals surface area contributed by atoms with Gasteiger partial charge in [-0.2, -0.15) is 0 Å². The molecule has 0 aliphatic heterocycles. The number of rotatable bonds is 5. The number of anilines is 2. The van der Waals surface area contributed by atoms with Crippen molar-refractivity contribution in [2.75, 3.05) is 11.2 Å². The molecule has 3 N–H and O–H groups in total. The third-order valence-corrected chi connectivity index (χ3v) is 3.59. The van der Waals surface area contributed by atoms with E-state index in [2.05, 4.69) is 15.7 Å². The maximum absolute atomic E-state index is 12.0. The van der Waals surface area contributed by atoms with Gasteiger partial charge in [-0.05, 0) is 48.5 Å². The Bertz CT molecular complexity index is 970. The van der Waals surface area contributed by atoms with Gasteiger partial charge in [-0.3, -0.25) is 4.79 Å². The Morgan fingerprint density at radius 2 is 1.52 bits per heavy atom. The van der Waals surface area contributed by atoms with Gasteiger partial charge in [-0.1, -0.05) is 30.3 Å². The molecule has 3 aromatic rings. The lowest BCUT2D eigenvalue weighted by Gasteiger charge is -2.06. The maximum atomic E-state index is 12.0. The molecular weight excluding hydrogens is 344 g/mol. The van der Waals surface area contributed by atoms with E-state index in [1.54, 1.807) is 72.8 Å². The first-order chi connectivity index (χ1) is 13.1. The van der Waals surface area contributed by atoms with Crippen molar-refractivity contribution >= 4 is 28.9 Å². The molecule has 0 radical (unpaired) electrons. The minimum absolute atomic E-state index is 0.298. The number of azo groups is 1. The van der Waals surface area contributed by atoms with Gasteiger partial charge in [0, 0.05) is 5.69 Å². The highest BCUT2D eigenvalue weighted by Gasteiger charge is 2.08. The van der Waals surface area contributed by atoms with Crippen molar-refractivity contribution in [3.05, 3.63) is 90.0 Å². The van der Waals surface area contributed by atoms with Crippen molar-refractivity contribution in [2.24, 2.45) is 10.2 Å². The van der Waals surface area contributed by atoms with Crippen LogP contribution in [0.15, 0.2) is 89.1 Å². The number of para-hydroxylation sites is 1. The summed E-state index contributed by atoms with van der Waals surface area (Å²) in [5, 5.41) is 7.56. The van der Waals surface area contributed by atoms with Crippen molar-refractivity contribution in [2.45, 2.75) is 0 Å². The van der Waals surface area contributed by atoms with E-state index in [4.69, 9.17) is 10.6 Å². The Kier molecular flexibility index (Phi) is 5.54. The monoisotopic (exact) mass is 360 g/mol.